The molecule has 0 atom stereocenters. The van der Waals surface area contributed by atoms with Crippen molar-refractivity contribution in [2.75, 3.05) is 0 Å². The van der Waals surface area contributed by atoms with Crippen LogP contribution in [-0.2, 0) is 19.0 Å². The molecule has 2 aromatic carbocycles. The van der Waals surface area contributed by atoms with Gasteiger partial charge >= 0.3 is 12.4 Å². The van der Waals surface area contributed by atoms with Gasteiger partial charge in [0.1, 0.15) is 24.1 Å². The van der Waals surface area contributed by atoms with Gasteiger partial charge in [0, 0.05) is 11.1 Å². The number of H-pyrrole nitrogens is 1. The average Bonchev–Trinajstić information content (AvgIpc) is 3.13. The van der Waals surface area contributed by atoms with Crippen LogP contribution < -0.4 is 4.74 Å². The zero-order valence-corrected chi connectivity index (χ0v) is 15.2. The number of hydrogen-bond acceptors (Lipinski definition) is 4. The second-order valence-corrected chi connectivity index (χ2v) is 6.34. The van der Waals surface area contributed by atoms with E-state index in [1.165, 1.54) is 12.1 Å². The lowest BCUT2D eigenvalue weighted by atomic mass is 10.0. The minimum Gasteiger partial charge on any atom is -0.489 e. The molecule has 0 spiro atoms. The number of nitrogens with one attached hydrogen (secondary N) is 1. The van der Waals surface area contributed by atoms with Crippen molar-refractivity contribution in [3.05, 3.63) is 64.3 Å². The van der Waals surface area contributed by atoms with E-state index in [0.29, 0.717) is 29.3 Å². The summed E-state index contributed by atoms with van der Waals surface area (Å²) in [5.74, 6) is 0.0995. The summed E-state index contributed by atoms with van der Waals surface area (Å²) in [6.45, 7) is 0.930. The molecule has 11 heteroatoms. The normalized spacial score (nSPS) is 11.9. The van der Waals surface area contributed by atoms with Gasteiger partial charge in [0.05, 0.1) is 11.1 Å². The summed E-state index contributed by atoms with van der Waals surface area (Å²) in [4.78, 5) is 0. The predicted molar refractivity (Wildman–Crippen MR) is 92.0 cm³/mol. The molecular formula is C19H12F6N4O. The highest BCUT2D eigenvalue weighted by molar-refractivity contribution is 5.66. The van der Waals surface area contributed by atoms with E-state index in [1.807, 2.05) is 6.07 Å². The molecule has 1 N–H and O–H groups in total. The van der Waals surface area contributed by atoms with Gasteiger partial charge in [-0.2, -0.15) is 31.6 Å². The van der Waals surface area contributed by atoms with Crippen molar-refractivity contribution < 1.29 is 31.1 Å². The molecule has 1 heterocycles. The van der Waals surface area contributed by atoms with Crippen LogP contribution >= 0.6 is 0 Å². The number of aryl methyl sites for hydroxylation is 1. The third-order valence-electron chi connectivity index (χ3n) is 4.12. The second kappa shape index (κ2) is 7.70. The smallest absolute Gasteiger partial charge is 0.416 e. The number of ether oxygens (including phenoxy) is 1. The molecule has 0 aliphatic rings. The number of alkyl halides is 6. The maximum absolute atomic E-state index is 13.2. The third kappa shape index (κ3) is 4.53. The van der Waals surface area contributed by atoms with Crippen LogP contribution in [0.2, 0.25) is 0 Å². The largest absolute Gasteiger partial charge is 0.489 e. The summed E-state index contributed by atoms with van der Waals surface area (Å²) in [5.41, 5.74) is -1.75. The fraction of sp³-hybridized carbons (Fsp3) is 0.211. The number of hydrogen-bond donors (Lipinski definition) is 1. The van der Waals surface area contributed by atoms with Crippen molar-refractivity contribution in [2.45, 2.75) is 25.9 Å². The van der Waals surface area contributed by atoms with Crippen LogP contribution in [0.1, 0.15) is 27.9 Å². The van der Waals surface area contributed by atoms with Crippen LogP contribution in [0.15, 0.2) is 36.4 Å². The molecule has 0 aliphatic carbocycles. The Kier molecular flexibility index (Phi) is 5.43. The van der Waals surface area contributed by atoms with Crippen molar-refractivity contribution in [3.8, 4) is 23.1 Å². The maximum atomic E-state index is 13.2. The second-order valence-electron chi connectivity index (χ2n) is 6.34. The summed E-state index contributed by atoms with van der Waals surface area (Å²) >= 11 is 0. The molecule has 156 valence electrons. The highest BCUT2D eigenvalue weighted by atomic mass is 19.4. The summed E-state index contributed by atoms with van der Waals surface area (Å²) in [7, 11) is 0. The number of nitriles is 1. The first kappa shape index (κ1) is 21.2. The SMILES string of the molecule is Cc1cc(OCc2cc(C(F)(F)F)ccc2C(F)(F)F)cc(-c2nn[nH]c2C#N)c1. The summed E-state index contributed by atoms with van der Waals surface area (Å²) in [6.07, 6.45) is -9.64. The van der Waals surface area contributed by atoms with Crippen molar-refractivity contribution in [1.82, 2.24) is 15.4 Å². The monoisotopic (exact) mass is 426 g/mol. The average molecular weight is 426 g/mol. The fourth-order valence-electron chi connectivity index (χ4n) is 2.80. The molecule has 30 heavy (non-hydrogen) atoms. The summed E-state index contributed by atoms with van der Waals surface area (Å²) < 4.78 is 83.8. The van der Waals surface area contributed by atoms with Crippen LogP contribution in [-0.4, -0.2) is 15.4 Å². The molecule has 1 aromatic heterocycles. The van der Waals surface area contributed by atoms with E-state index >= 15 is 0 Å². The molecule has 0 bridgehead atoms. The molecule has 0 saturated heterocycles. The van der Waals surface area contributed by atoms with Gasteiger partial charge in [0.25, 0.3) is 0 Å². The standard InChI is InChI=1S/C19H12F6N4O/c1-10-4-11(17-16(8-26)27-29-28-17)7-14(5-10)30-9-12-6-13(18(20,21)22)2-3-15(12)19(23,24)25/h2-7H,9H2,1H3,(H,27,28,29). The molecule has 0 fully saturated rings. The Morgan fingerprint density at radius 2 is 1.77 bits per heavy atom. The molecular weight excluding hydrogens is 414 g/mol. The van der Waals surface area contributed by atoms with Crippen LogP contribution in [0.25, 0.3) is 11.3 Å². The van der Waals surface area contributed by atoms with Crippen LogP contribution in [0.4, 0.5) is 26.3 Å². The Morgan fingerprint density at radius 1 is 1.03 bits per heavy atom. The number of benzene rings is 2. The lowest BCUT2D eigenvalue weighted by Gasteiger charge is -2.17. The highest BCUT2D eigenvalue weighted by Gasteiger charge is 2.37. The van der Waals surface area contributed by atoms with Gasteiger partial charge in [-0.25, -0.2) is 5.10 Å². The number of rotatable bonds is 4. The maximum Gasteiger partial charge on any atom is 0.416 e. The lowest BCUT2D eigenvalue weighted by molar-refractivity contribution is -0.142. The molecule has 5 nitrogen and oxygen atoms in total. The third-order valence-corrected chi connectivity index (χ3v) is 4.12. The Balaban J connectivity index is 1.94. The predicted octanol–water partition coefficient (Wildman–Crippen LogP) is 5.27. The summed E-state index contributed by atoms with van der Waals surface area (Å²) in [5, 5.41) is 18.8. The van der Waals surface area contributed by atoms with Crippen molar-refractivity contribution in [1.29, 1.82) is 5.26 Å². The molecule has 3 aromatic rings. The molecule has 3 rings (SSSR count). The van der Waals surface area contributed by atoms with Gasteiger partial charge in [-0.15, -0.1) is 5.10 Å². The van der Waals surface area contributed by atoms with Gasteiger partial charge in [0.15, 0.2) is 5.69 Å². The van der Waals surface area contributed by atoms with Crippen LogP contribution in [0, 0.1) is 18.3 Å². The Bertz CT molecular complexity index is 1110. The molecule has 0 unspecified atom stereocenters. The Hall–Kier alpha value is -3.55. The van der Waals surface area contributed by atoms with E-state index in [-0.39, 0.29) is 17.1 Å². The van der Waals surface area contributed by atoms with Gasteiger partial charge in [-0.05, 0) is 48.9 Å². The zero-order valence-electron chi connectivity index (χ0n) is 15.2. The molecule has 0 radical (unpaired) electrons. The number of aromatic amines is 1. The first-order valence-corrected chi connectivity index (χ1v) is 8.32. The number of aromatic nitrogens is 3. The van der Waals surface area contributed by atoms with E-state index in [1.54, 1.807) is 13.0 Å². The van der Waals surface area contributed by atoms with Crippen molar-refractivity contribution in [3.63, 3.8) is 0 Å². The van der Waals surface area contributed by atoms with Crippen LogP contribution in [0.5, 0.6) is 5.75 Å². The first-order chi connectivity index (χ1) is 14.0. The van der Waals surface area contributed by atoms with Gasteiger partial charge in [-0.1, -0.05) is 5.21 Å². The minimum absolute atomic E-state index is 0.0730. The molecule has 0 aliphatic heterocycles. The number of halogens is 6. The fourth-order valence-corrected chi connectivity index (χ4v) is 2.80. The quantitative estimate of drug-likeness (QED) is 0.577. The first-order valence-electron chi connectivity index (χ1n) is 8.32. The van der Waals surface area contributed by atoms with E-state index < -0.39 is 35.6 Å². The lowest BCUT2D eigenvalue weighted by Crippen LogP contribution is -2.14. The van der Waals surface area contributed by atoms with E-state index in [4.69, 9.17) is 10.00 Å². The van der Waals surface area contributed by atoms with Gasteiger partial charge < -0.3 is 4.74 Å². The minimum atomic E-state index is -4.84. The van der Waals surface area contributed by atoms with Gasteiger partial charge in [0.2, 0.25) is 0 Å². The highest BCUT2D eigenvalue weighted by Crippen LogP contribution is 2.37. The summed E-state index contributed by atoms with van der Waals surface area (Å²) in [6, 6.07) is 7.61. The van der Waals surface area contributed by atoms with Crippen molar-refractivity contribution in [2.24, 2.45) is 0 Å². The Morgan fingerprint density at radius 3 is 2.40 bits per heavy atom. The van der Waals surface area contributed by atoms with Gasteiger partial charge in [-0.3, -0.25) is 0 Å². The van der Waals surface area contributed by atoms with E-state index in [2.05, 4.69) is 15.4 Å². The number of nitrogens with zero attached hydrogens (tertiary/aromatic N) is 3. The molecule has 0 saturated carbocycles. The van der Waals surface area contributed by atoms with E-state index in [9.17, 15) is 26.3 Å². The zero-order chi connectivity index (χ0) is 22.1. The van der Waals surface area contributed by atoms with E-state index in [0.717, 1.165) is 0 Å². The Labute approximate surface area is 165 Å². The topological polar surface area (TPSA) is 74.6 Å². The molecule has 0 amide bonds. The van der Waals surface area contributed by atoms with Crippen LogP contribution in [0.3, 0.4) is 0 Å². The van der Waals surface area contributed by atoms with Crippen molar-refractivity contribution >= 4 is 0 Å².